The van der Waals surface area contributed by atoms with Crippen LogP contribution >= 0.6 is 11.3 Å². The minimum Gasteiger partial charge on any atom is -0.357 e. The number of thiazole rings is 1. The maximum absolute atomic E-state index is 4.70. The third kappa shape index (κ3) is 5.77. The van der Waals surface area contributed by atoms with E-state index in [2.05, 4.69) is 41.4 Å². The van der Waals surface area contributed by atoms with E-state index in [1.54, 1.807) is 11.3 Å². The summed E-state index contributed by atoms with van der Waals surface area (Å²) in [7, 11) is 2.24. The number of nitrogens with one attached hydrogen (secondary N) is 2. The van der Waals surface area contributed by atoms with Crippen LogP contribution in [0.3, 0.4) is 0 Å². The second-order valence-corrected chi connectivity index (χ2v) is 7.57. The molecule has 1 aromatic rings. The normalized spacial score (nSPS) is 16.3. The molecule has 0 atom stereocenters. The molecule has 6 heteroatoms. The summed E-state index contributed by atoms with van der Waals surface area (Å²) < 4.78 is 0. The Morgan fingerprint density at radius 3 is 2.65 bits per heavy atom. The summed E-state index contributed by atoms with van der Waals surface area (Å²) in [5, 5.41) is 7.89. The van der Waals surface area contributed by atoms with Gasteiger partial charge >= 0.3 is 0 Å². The van der Waals surface area contributed by atoms with Crippen LogP contribution in [0.15, 0.2) is 4.99 Å². The smallest absolute Gasteiger partial charge is 0.191 e. The number of nitrogens with zero attached hydrogens (tertiary/aromatic N) is 3. The van der Waals surface area contributed by atoms with Crippen molar-refractivity contribution in [2.45, 2.75) is 59.0 Å². The summed E-state index contributed by atoms with van der Waals surface area (Å²) in [6, 6.07) is 0.777. The second kappa shape index (κ2) is 9.23. The maximum Gasteiger partial charge on any atom is 0.191 e. The topological polar surface area (TPSA) is 52.6 Å². The van der Waals surface area contributed by atoms with Gasteiger partial charge in [0.2, 0.25) is 0 Å². The summed E-state index contributed by atoms with van der Waals surface area (Å²) in [4.78, 5) is 12.9. The number of aromatic nitrogens is 1. The Balaban J connectivity index is 1.80. The van der Waals surface area contributed by atoms with Gasteiger partial charge < -0.3 is 15.5 Å². The third-order valence-corrected chi connectivity index (χ3v) is 5.49. The summed E-state index contributed by atoms with van der Waals surface area (Å²) >= 11 is 1.74. The van der Waals surface area contributed by atoms with Crippen molar-refractivity contribution in [3.8, 4) is 0 Å². The first-order chi connectivity index (χ1) is 11.1. The van der Waals surface area contributed by atoms with E-state index in [1.165, 1.54) is 30.6 Å². The van der Waals surface area contributed by atoms with Gasteiger partial charge in [0.05, 0.1) is 17.2 Å². The van der Waals surface area contributed by atoms with Crippen molar-refractivity contribution in [3.63, 3.8) is 0 Å². The molecule has 0 unspecified atom stereocenters. The lowest BCUT2D eigenvalue weighted by Gasteiger charge is -2.24. The molecule has 1 aromatic heterocycles. The molecule has 0 aromatic carbocycles. The number of guanidine groups is 1. The zero-order valence-electron chi connectivity index (χ0n) is 15.0. The van der Waals surface area contributed by atoms with Crippen LogP contribution in [0.4, 0.5) is 0 Å². The van der Waals surface area contributed by atoms with Crippen LogP contribution in [0.25, 0.3) is 0 Å². The molecule has 0 bridgehead atoms. The molecule has 0 radical (unpaired) electrons. The first kappa shape index (κ1) is 18.2. The highest BCUT2D eigenvalue weighted by Crippen LogP contribution is 2.21. The molecule has 0 spiro atoms. The molecule has 1 heterocycles. The Morgan fingerprint density at radius 2 is 2.04 bits per heavy atom. The summed E-state index contributed by atoms with van der Waals surface area (Å²) in [6.07, 6.45) is 5.49. The van der Waals surface area contributed by atoms with Crippen molar-refractivity contribution < 1.29 is 0 Å². The van der Waals surface area contributed by atoms with Gasteiger partial charge in [-0.2, -0.15) is 0 Å². The molecule has 1 fully saturated rings. The van der Waals surface area contributed by atoms with Gasteiger partial charge in [0.25, 0.3) is 0 Å². The molecule has 1 aliphatic carbocycles. The van der Waals surface area contributed by atoms with Crippen LogP contribution in [0.1, 0.15) is 48.2 Å². The molecule has 0 aliphatic heterocycles. The molecule has 23 heavy (non-hydrogen) atoms. The van der Waals surface area contributed by atoms with E-state index in [9.17, 15) is 0 Å². The van der Waals surface area contributed by atoms with E-state index in [4.69, 9.17) is 4.99 Å². The number of likely N-dealkylation sites (N-methyl/N-ethyl adjacent to an activating group) is 1. The van der Waals surface area contributed by atoms with Crippen molar-refractivity contribution in [3.05, 3.63) is 15.6 Å². The third-order valence-electron chi connectivity index (χ3n) is 4.43. The maximum atomic E-state index is 4.70. The fourth-order valence-corrected chi connectivity index (χ4v) is 3.95. The number of aryl methyl sites for hydroxylation is 2. The van der Waals surface area contributed by atoms with Gasteiger partial charge in [-0.25, -0.2) is 9.98 Å². The predicted molar refractivity (Wildman–Crippen MR) is 99.3 cm³/mol. The van der Waals surface area contributed by atoms with E-state index in [0.29, 0.717) is 6.54 Å². The molecule has 1 saturated carbocycles. The lowest BCUT2D eigenvalue weighted by Crippen LogP contribution is -2.42. The highest BCUT2D eigenvalue weighted by molar-refractivity contribution is 7.11. The minimum absolute atomic E-state index is 0.700. The van der Waals surface area contributed by atoms with Crippen molar-refractivity contribution in [2.24, 2.45) is 4.99 Å². The average Bonchev–Trinajstić information content (AvgIpc) is 3.14. The SMILES string of the molecule is CCNC(=NCc1sc(C)nc1C)NCCN(C)C1CCCC1. The Hall–Kier alpha value is -1.14. The first-order valence-corrected chi connectivity index (χ1v) is 9.57. The fourth-order valence-electron chi connectivity index (χ4n) is 3.09. The molecular weight excluding hydrogens is 306 g/mol. The summed E-state index contributed by atoms with van der Waals surface area (Å²) in [5.41, 5.74) is 1.10. The van der Waals surface area contributed by atoms with Crippen LogP contribution in [0.2, 0.25) is 0 Å². The number of rotatable bonds is 7. The number of aliphatic imine (C=N–C) groups is 1. The molecule has 5 nitrogen and oxygen atoms in total. The monoisotopic (exact) mass is 337 g/mol. The zero-order valence-corrected chi connectivity index (χ0v) is 15.8. The van der Waals surface area contributed by atoms with Crippen LogP contribution in [-0.2, 0) is 6.54 Å². The minimum atomic E-state index is 0.700. The van der Waals surface area contributed by atoms with Crippen LogP contribution in [-0.4, -0.2) is 48.6 Å². The predicted octanol–water partition coefficient (Wildman–Crippen LogP) is 2.69. The molecule has 130 valence electrons. The number of hydrogen-bond acceptors (Lipinski definition) is 4. The largest absolute Gasteiger partial charge is 0.357 e. The van der Waals surface area contributed by atoms with E-state index < -0.39 is 0 Å². The van der Waals surface area contributed by atoms with E-state index in [0.717, 1.165) is 42.3 Å². The van der Waals surface area contributed by atoms with Crippen molar-refractivity contribution in [1.82, 2.24) is 20.5 Å². The van der Waals surface area contributed by atoms with Crippen molar-refractivity contribution in [1.29, 1.82) is 0 Å². The Labute approximate surface area is 144 Å². The molecular formula is C17H31N5S. The summed E-state index contributed by atoms with van der Waals surface area (Å²) in [6.45, 7) is 9.78. The van der Waals surface area contributed by atoms with E-state index in [1.807, 2.05) is 6.92 Å². The van der Waals surface area contributed by atoms with Gasteiger partial charge in [0.1, 0.15) is 0 Å². The van der Waals surface area contributed by atoms with E-state index in [-0.39, 0.29) is 0 Å². The van der Waals surface area contributed by atoms with Crippen molar-refractivity contribution >= 4 is 17.3 Å². The van der Waals surface area contributed by atoms with Gasteiger partial charge in [-0.05, 0) is 40.7 Å². The van der Waals surface area contributed by atoms with Crippen LogP contribution in [0.5, 0.6) is 0 Å². The molecule has 2 rings (SSSR count). The van der Waals surface area contributed by atoms with Gasteiger partial charge in [-0.1, -0.05) is 12.8 Å². The van der Waals surface area contributed by atoms with Crippen LogP contribution in [0, 0.1) is 13.8 Å². The molecule has 1 aliphatic rings. The highest BCUT2D eigenvalue weighted by atomic mass is 32.1. The first-order valence-electron chi connectivity index (χ1n) is 8.75. The highest BCUT2D eigenvalue weighted by Gasteiger charge is 2.18. The summed E-state index contributed by atoms with van der Waals surface area (Å²) in [5.74, 6) is 0.901. The molecule has 2 N–H and O–H groups in total. The quantitative estimate of drug-likeness (QED) is 0.593. The Bertz CT molecular complexity index is 505. The van der Waals surface area contributed by atoms with E-state index >= 15 is 0 Å². The van der Waals surface area contributed by atoms with Gasteiger partial charge in [-0.3, -0.25) is 0 Å². The average molecular weight is 338 g/mol. The number of hydrogen-bond donors (Lipinski definition) is 2. The Kier molecular flexibility index (Phi) is 7.30. The van der Waals surface area contributed by atoms with Crippen molar-refractivity contribution in [2.75, 3.05) is 26.7 Å². The zero-order chi connectivity index (χ0) is 16.7. The standard InChI is InChI=1S/C17H31N5S/c1-5-18-17(20-12-16-13(2)21-14(3)23-16)19-10-11-22(4)15-8-6-7-9-15/h15H,5-12H2,1-4H3,(H2,18,19,20). The van der Waals surface area contributed by atoms with Gasteiger partial charge in [-0.15, -0.1) is 11.3 Å². The second-order valence-electron chi connectivity index (χ2n) is 6.28. The van der Waals surface area contributed by atoms with Crippen LogP contribution < -0.4 is 10.6 Å². The molecule has 0 amide bonds. The lowest BCUT2D eigenvalue weighted by atomic mass is 10.2. The van der Waals surface area contributed by atoms with Gasteiger partial charge in [0, 0.05) is 30.6 Å². The Morgan fingerprint density at radius 1 is 1.30 bits per heavy atom. The molecule has 0 saturated heterocycles. The lowest BCUT2D eigenvalue weighted by molar-refractivity contribution is 0.249. The van der Waals surface area contributed by atoms with Gasteiger partial charge in [0.15, 0.2) is 5.96 Å². The fraction of sp³-hybridized carbons (Fsp3) is 0.765.